The van der Waals surface area contributed by atoms with Crippen molar-refractivity contribution >= 4 is 17.3 Å². The van der Waals surface area contributed by atoms with Gasteiger partial charge in [0, 0.05) is 29.4 Å². The van der Waals surface area contributed by atoms with E-state index in [1.807, 2.05) is 24.3 Å². The average Bonchev–Trinajstić information content (AvgIpc) is 3.13. The van der Waals surface area contributed by atoms with Crippen LogP contribution in [0.15, 0.2) is 54.6 Å². The molecule has 5 nitrogen and oxygen atoms in total. The van der Waals surface area contributed by atoms with Crippen LogP contribution in [0.25, 0.3) is 10.4 Å². The van der Waals surface area contributed by atoms with E-state index < -0.39 is 12.3 Å². The van der Waals surface area contributed by atoms with Crippen molar-refractivity contribution in [2.75, 3.05) is 19.7 Å². The molecule has 1 N–H and O–H groups in total. The molecule has 0 bridgehead atoms. The number of fused-ring (bicyclic) bond motifs is 1. The summed E-state index contributed by atoms with van der Waals surface area (Å²) in [7, 11) is 0. The van der Waals surface area contributed by atoms with Gasteiger partial charge in [0.1, 0.15) is 11.5 Å². The molecule has 0 saturated heterocycles. The lowest BCUT2D eigenvalue weighted by atomic mass is 10.0. The Kier molecular flexibility index (Phi) is 6.90. The van der Waals surface area contributed by atoms with Crippen LogP contribution in [0.1, 0.15) is 16.0 Å². The van der Waals surface area contributed by atoms with Crippen molar-refractivity contribution in [2.24, 2.45) is 0 Å². The van der Waals surface area contributed by atoms with Gasteiger partial charge in [0.15, 0.2) is 6.61 Å². The Balaban J connectivity index is 1.36. The van der Waals surface area contributed by atoms with Gasteiger partial charge in [0.25, 0.3) is 0 Å². The second-order valence-corrected chi connectivity index (χ2v) is 8.90. The minimum Gasteiger partial charge on any atom is -0.482 e. The van der Waals surface area contributed by atoms with E-state index in [0.717, 1.165) is 42.9 Å². The van der Waals surface area contributed by atoms with Crippen molar-refractivity contribution in [3.8, 4) is 21.9 Å². The summed E-state index contributed by atoms with van der Waals surface area (Å²) in [5, 5.41) is 8.78. The van der Waals surface area contributed by atoms with Gasteiger partial charge in [-0.25, -0.2) is 4.79 Å². The van der Waals surface area contributed by atoms with Gasteiger partial charge >= 0.3 is 12.3 Å². The maximum absolute atomic E-state index is 12.3. The van der Waals surface area contributed by atoms with E-state index in [0.29, 0.717) is 5.75 Å². The molecule has 33 heavy (non-hydrogen) atoms. The summed E-state index contributed by atoms with van der Waals surface area (Å²) in [4.78, 5) is 15.2. The molecule has 174 valence electrons. The highest BCUT2D eigenvalue weighted by atomic mass is 32.1. The lowest BCUT2D eigenvalue weighted by Gasteiger charge is -2.18. The number of alkyl halides is 3. The highest BCUT2D eigenvalue weighted by molar-refractivity contribution is 7.15. The van der Waals surface area contributed by atoms with Crippen molar-refractivity contribution in [1.29, 1.82) is 0 Å². The molecule has 9 heteroatoms. The zero-order valence-electron chi connectivity index (χ0n) is 17.6. The number of nitrogens with zero attached hydrogens (tertiary/aromatic N) is 1. The third kappa shape index (κ3) is 6.49. The number of ether oxygens (including phenoxy) is 2. The Hall–Kier alpha value is -3.04. The normalized spacial score (nSPS) is 14.4. The number of carbonyl (C=O) groups is 1. The van der Waals surface area contributed by atoms with Crippen LogP contribution in [-0.2, 0) is 24.2 Å². The summed E-state index contributed by atoms with van der Waals surface area (Å²) in [6.45, 7) is 2.20. The first kappa shape index (κ1) is 23.1. The Morgan fingerprint density at radius 1 is 0.970 bits per heavy atom. The first-order valence-electron chi connectivity index (χ1n) is 10.4. The van der Waals surface area contributed by atoms with Crippen LogP contribution in [0.2, 0.25) is 0 Å². The molecule has 3 aromatic rings. The predicted molar refractivity (Wildman–Crippen MR) is 119 cm³/mol. The van der Waals surface area contributed by atoms with Crippen LogP contribution >= 0.6 is 11.3 Å². The third-order valence-corrected chi connectivity index (χ3v) is 6.47. The molecule has 0 unspecified atom stereocenters. The molecule has 2 heterocycles. The van der Waals surface area contributed by atoms with Gasteiger partial charge in [-0.05, 0) is 78.1 Å². The Morgan fingerprint density at radius 3 is 2.36 bits per heavy atom. The van der Waals surface area contributed by atoms with Gasteiger partial charge in [-0.2, -0.15) is 0 Å². The number of benzene rings is 2. The number of thiophene rings is 1. The summed E-state index contributed by atoms with van der Waals surface area (Å²) < 4.78 is 46.2. The zero-order chi connectivity index (χ0) is 23.4. The third-order valence-electron chi connectivity index (χ3n) is 5.35. The second kappa shape index (κ2) is 9.84. The van der Waals surface area contributed by atoms with Gasteiger partial charge < -0.3 is 14.6 Å². The van der Waals surface area contributed by atoms with E-state index in [-0.39, 0.29) is 12.4 Å². The first-order valence-corrected chi connectivity index (χ1v) is 11.2. The molecule has 0 aliphatic carbocycles. The maximum Gasteiger partial charge on any atom is 0.573 e. The molecule has 0 radical (unpaired) electrons. The molecule has 0 atom stereocenters. The van der Waals surface area contributed by atoms with Crippen LogP contribution in [-0.4, -0.2) is 42.0 Å². The van der Waals surface area contributed by atoms with Crippen molar-refractivity contribution in [3.05, 3.63) is 70.6 Å². The number of halogens is 3. The van der Waals surface area contributed by atoms with Gasteiger partial charge in [-0.3, -0.25) is 4.90 Å². The van der Waals surface area contributed by atoms with Gasteiger partial charge in [-0.15, -0.1) is 24.5 Å². The summed E-state index contributed by atoms with van der Waals surface area (Å²) in [5.74, 6) is -0.667. The Labute approximate surface area is 193 Å². The van der Waals surface area contributed by atoms with Crippen LogP contribution < -0.4 is 9.47 Å². The van der Waals surface area contributed by atoms with E-state index in [1.54, 1.807) is 23.5 Å². The largest absolute Gasteiger partial charge is 0.573 e. The summed E-state index contributed by atoms with van der Waals surface area (Å²) in [5.41, 5.74) is 3.26. The molecule has 0 fully saturated rings. The molecule has 0 spiro atoms. The summed E-state index contributed by atoms with van der Waals surface area (Å²) in [6, 6.07) is 15.7. The van der Waals surface area contributed by atoms with E-state index in [2.05, 4.69) is 15.7 Å². The van der Waals surface area contributed by atoms with Crippen molar-refractivity contribution in [1.82, 2.24) is 4.90 Å². The number of aliphatic carboxylic acids is 1. The van der Waals surface area contributed by atoms with Crippen LogP contribution in [0, 0.1) is 0 Å². The van der Waals surface area contributed by atoms with Gasteiger partial charge in [-0.1, -0.05) is 6.07 Å². The molecule has 0 saturated carbocycles. The number of rotatable bonds is 7. The first-order chi connectivity index (χ1) is 15.7. The molecule has 0 amide bonds. The minimum absolute atomic E-state index is 0.233. The van der Waals surface area contributed by atoms with Crippen molar-refractivity contribution < 1.29 is 32.5 Å². The highest BCUT2D eigenvalue weighted by Crippen LogP contribution is 2.32. The molecular weight excluding hydrogens is 455 g/mol. The highest BCUT2D eigenvalue weighted by Gasteiger charge is 2.31. The second-order valence-electron chi connectivity index (χ2n) is 7.73. The SMILES string of the molecule is O=C(O)COc1ccc2c(c1)CCN(Cc1ccc(-c3ccc(OC(F)(F)F)cc3)s1)CC2. The number of carboxylic acid groups (broad SMARTS) is 1. The monoisotopic (exact) mass is 477 g/mol. The summed E-state index contributed by atoms with van der Waals surface area (Å²) in [6.07, 6.45) is -2.95. The fourth-order valence-electron chi connectivity index (χ4n) is 3.80. The molecule has 1 aromatic heterocycles. The lowest BCUT2D eigenvalue weighted by Crippen LogP contribution is -2.25. The molecule has 2 aromatic carbocycles. The number of hydrogen-bond acceptors (Lipinski definition) is 5. The number of carboxylic acids is 1. The van der Waals surface area contributed by atoms with Crippen LogP contribution in [0.5, 0.6) is 11.5 Å². The molecule has 4 rings (SSSR count). The molecule has 1 aliphatic heterocycles. The topological polar surface area (TPSA) is 59.0 Å². The lowest BCUT2D eigenvalue weighted by molar-refractivity contribution is -0.274. The van der Waals surface area contributed by atoms with Crippen LogP contribution in [0.4, 0.5) is 13.2 Å². The maximum atomic E-state index is 12.3. The fourth-order valence-corrected chi connectivity index (χ4v) is 4.86. The smallest absolute Gasteiger partial charge is 0.482 e. The fraction of sp³-hybridized carbons (Fsp3) is 0.292. The Morgan fingerprint density at radius 2 is 1.67 bits per heavy atom. The summed E-state index contributed by atoms with van der Waals surface area (Å²) >= 11 is 1.62. The Bertz CT molecular complexity index is 1110. The van der Waals surface area contributed by atoms with Gasteiger partial charge in [0.2, 0.25) is 0 Å². The standard InChI is InChI=1S/C24H22F3NO4S/c25-24(26,27)32-19-4-2-17(3-5-19)22-8-7-21(33-22)14-28-11-9-16-1-6-20(31-15-23(29)30)13-18(16)10-12-28/h1-8,13H,9-12,14-15H2,(H,29,30). The van der Waals surface area contributed by atoms with Gasteiger partial charge in [0.05, 0.1) is 0 Å². The molecular formula is C24H22F3NO4S. The van der Waals surface area contributed by atoms with Crippen molar-refractivity contribution in [3.63, 3.8) is 0 Å². The quantitative estimate of drug-likeness (QED) is 0.495. The average molecular weight is 478 g/mol. The molecule has 1 aliphatic rings. The van der Waals surface area contributed by atoms with E-state index >= 15 is 0 Å². The predicted octanol–water partition coefficient (Wildman–Crippen LogP) is 5.38. The van der Waals surface area contributed by atoms with E-state index in [9.17, 15) is 18.0 Å². The minimum atomic E-state index is -4.70. The van der Waals surface area contributed by atoms with Crippen molar-refractivity contribution in [2.45, 2.75) is 25.7 Å². The zero-order valence-corrected chi connectivity index (χ0v) is 18.4. The van der Waals surface area contributed by atoms with E-state index in [1.165, 1.54) is 28.1 Å². The van der Waals surface area contributed by atoms with E-state index in [4.69, 9.17) is 9.84 Å². The van der Waals surface area contributed by atoms with Crippen LogP contribution in [0.3, 0.4) is 0 Å². The number of hydrogen-bond donors (Lipinski definition) is 1.